The van der Waals surface area contributed by atoms with Crippen LogP contribution in [0.15, 0.2) is 18.2 Å². The monoisotopic (exact) mass is 288 g/mol. The minimum atomic E-state index is -0.219. The van der Waals surface area contributed by atoms with E-state index in [0.29, 0.717) is 11.3 Å². The Kier molecular flexibility index (Phi) is 6.37. The van der Waals surface area contributed by atoms with E-state index in [2.05, 4.69) is 10.2 Å². The Morgan fingerprint density at radius 3 is 2.63 bits per heavy atom. The molecule has 6 heteroatoms. The minimum absolute atomic E-state index is 0. The van der Waals surface area contributed by atoms with Crippen LogP contribution in [0, 0.1) is 0 Å². The third kappa shape index (κ3) is 3.51. The summed E-state index contributed by atoms with van der Waals surface area (Å²) < 4.78 is 5.29. The van der Waals surface area contributed by atoms with Crippen molar-refractivity contribution in [2.24, 2.45) is 0 Å². The van der Waals surface area contributed by atoms with E-state index in [-0.39, 0.29) is 30.8 Å². The van der Waals surface area contributed by atoms with Crippen LogP contribution in [0.5, 0.6) is 11.5 Å². The summed E-state index contributed by atoms with van der Waals surface area (Å²) in [4.78, 5) is 2.16. The number of phenolic OH excluding ortho intramolecular Hbond substituents is 1. The van der Waals surface area contributed by atoms with Gasteiger partial charge < -0.3 is 20.3 Å². The smallest absolute Gasteiger partial charge is 0.127 e. The lowest BCUT2D eigenvalue weighted by Gasteiger charge is -2.34. The highest BCUT2D eigenvalue weighted by atomic mass is 35.5. The number of benzene rings is 1. The number of hydrogen-bond acceptors (Lipinski definition) is 5. The highest BCUT2D eigenvalue weighted by molar-refractivity contribution is 5.85. The first-order valence-electron chi connectivity index (χ1n) is 6.19. The Morgan fingerprint density at radius 2 is 2.05 bits per heavy atom. The van der Waals surface area contributed by atoms with Gasteiger partial charge in [-0.2, -0.15) is 0 Å². The summed E-state index contributed by atoms with van der Waals surface area (Å²) in [6.45, 7) is 3.46. The fraction of sp³-hybridized carbons (Fsp3) is 0.538. The van der Waals surface area contributed by atoms with Gasteiger partial charge in [0, 0.05) is 26.2 Å². The summed E-state index contributed by atoms with van der Waals surface area (Å²) in [5.41, 5.74) is 0.671. The SMILES string of the molecule is COc1cccc(O)c1[C@@H](CO)N1CCNCC1.Cl. The van der Waals surface area contributed by atoms with Gasteiger partial charge in [-0.25, -0.2) is 0 Å². The van der Waals surface area contributed by atoms with Gasteiger partial charge in [-0.05, 0) is 12.1 Å². The highest BCUT2D eigenvalue weighted by Crippen LogP contribution is 2.36. The molecule has 1 aromatic carbocycles. The Balaban J connectivity index is 0.00000180. The van der Waals surface area contributed by atoms with Crippen molar-refractivity contribution in [2.75, 3.05) is 39.9 Å². The molecule has 0 amide bonds. The third-order valence-electron chi connectivity index (χ3n) is 3.36. The molecule has 1 saturated heterocycles. The van der Waals surface area contributed by atoms with Crippen LogP contribution in [0.25, 0.3) is 0 Å². The van der Waals surface area contributed by atoms with E-state index in [1.807, 2.05) is 0 Å². The highest BCUT2D eigenvalue weighted by Gasteiger charge is 2.26. The molecule has 1 fully saturated rings. The summed E-state index contributed by atoms with van der Waals surface area (Å²) in [6, 6.07) is 4.95. The van der Waals surface area contributed by atoms with Crippen molar-refractivity contribution < 1.29 is 14.9 Å². The topological polar surface area (TPSA) is 65.0 Å². The lowest BCUT2D eigenvalue weighted by Crippen LogP contribution is -2.46. The number of ether oxygens (including phenoxy) is 1. The second kappa shape index (κ2) is 7.55. The Bertz CT molecular complexity index is 397. The maximum Gasteiger partial charge on any atom is 0.127 e. The molecule has 108 valence electrons. The second-order valence-corrected chi connectivity index (χ2v) is 4.38. The van der Waals surface area contributed by atoms with Crippen molar-refractivity contribution >= 4 is 12.4 Å². The zero-order valence-corrected chi connectivity index (χ0v) is 11.8. The number of halogens is 1. The predicted molar refractivity (Wildman–Crippen MR) is 76.2 cm³/mol. The molecule has 5 nitrogen and oxygen atoms in total. The van der Waals surface area contributed by atoms with Gasteiger partial charge in [-0.1, -0.05) is 6.07 Å². The third-order valence-corrected chi connectivity index (χ3v) is 3.36. The van der Waals surface area contributed by atoms with Gasteiger partial charge in [0.25, 0.3) is 0 Å². The van der Waals surface area contributed by atoms with Crippen molar-refractivity contribution in [3.63, 3.8) is 0 Å². The Morgan fingerprint density at radius 1 is 1.37 bits per heavy atom. The van der Waals surface area contributed by atoms with Gasteiger partial charge in [0.15, 0.2) is 0 Å². The second-order valence-electron chi connectivity index (χ2n) is 4.38. The average molecular weight is 289 g/mol. The molecule has 1 aromatic rings. The number of methoxy groups -OCH3 is 1. The van der Waals surface area contributed by atoms with Crippen molar-refractivity contribution in [1.29, 1.82) is 0 Å². The molecule has 2 rings (SSSR count). The summed E-state index contributed by atoms with van der Waals surface area (Å²) >= 11 is 0. The minimum Gasteiger partial charge on any atom is -0.507 e. The molecule has 0 aromatic heterocycles. The van der Waals surface area contributed by atoms with E-state index in [0.717, 1.165) is 26.2 Å². The van der Waals surface area contributed by atoms with Crippen molar-refractivity contribution in [1.82, 2.24) is 10.2 Å². The van der Waals surface area contributed by atoms with E-state index in [1.54, 1.807) is 25.3 Å². The van der Waals surface area contributed by atoms with E-state index >= 15 is 0 Å². The zero-order chi connectivity index (χ0) is 13.0. The van der Waals surface area contributed by atoms with Gasteiger partial charge >= 0.3 is 0 Å². The van der Waals surface area contributed by atoms with Gasteiger partial charge in [-0.15, -0.1) is 12.4 Å². The van der Waals surface area contributed by atoms with E-state index in [1.165, 1.54) is 0 Å². The van der Waals surface area contributed by atoms with Crippen LogP contribution in [-0.4, -0.2) is 55.0 Å². The first kappa shape index (κ1) is 16.0. The molecule has 1 aliphatic heterocycles. The maximum absolute atomic E-state index is 10.0. The molecule has 0 radical (unpaired) electrons. The fourth-order valence-corrected chi connectivity index (χ4v) is 2.43. The van der Waals surface area contributed by atoms with Crippen LogP contribution < -0.4 is 10.1 Å². The number of aliphatic hydroxyl groups is 1. The summed E-state index contributed by atoms with van der Waals surface area (Å²) in [7, 11) is 1.57. The number of hydrogen-bond donors (Lipinski definition) is 3. The largest absolute Gasteiger partial charge is 0.507 e. The number of aromatic hydroxyl groups is 1. The number of nitrogens with zero attached hydrogens (tertiary/aromatic N) is 1. The molecule has 1 heterocycles. The van der Waals surface area contributed by atoms with Crippen LogP contribution in [0.4, 0.5) is 0 Å². The van der Waals surface area contributed by atoms with Gasteiger partial charge in [0.2, 0.25) is 0 Å². The predicted octanol–water partition coefficient (Wildman–Crippen LogP) is 0.761. The first-order chi connectivity index (χ1) is 8.77. The molecule has 1 aliphatic rings. The van der Waals surface area contributed by atoms with Crippen molar-refractivity contribution in [3.05, 3.63) is 23.8 Å². The molecule has 19 heavy (non-hydrogen) atoms. The van der Waals surface area contributed by atoms with Crippen LogP contribution >= 0.6 is 12.4 Å². The van der Waals surface area contributed by atoms with Gasteiger partial charge in [0.05, 0.1) is 25.3 Å². The van der Waals surface area contributed by atoms with Crippen LogP contribution in [0.3, 0.4) is 0 Å². The summed E-state index contributed by atoms with van der Waals surface area (Å²) in [5.74, 6) is 0.791. The Labute approximate surface area is 119 Å². The van der Waals surface area contributed by atoms with Gasteiger partial charge in [0.1, 0.15) is 11.5 Å². The molecular weight excluding hydrogens is 268 g/mol. The summed E-state index contributed by atoms with van der Waals surface area (Å²) in [5, 5.41) is 22.9. The molecule has 0 spiro atoms. The number of nitrogens with one attached hydrogen (secondary N) is 1. The van der Waals surface area contributed by atoms with Crippen molar-refractivity contribution in [3.8, 4) is 11.5 Å². The quantitative estimate of drug-likeness (QED) is 0.763. The molecular formula is C13H21ClN2O3. The zero-order valence-electron chi connectivity index (χ0n) is 11.0. The van der Waals surface area contributed by atoms with E-state index < -0.39 is 0 Å². The maximum atomic E-state index is 10.0. The molecule has 0 aliphatic carbocycles. The number of rotatable bonds is 4. The molecule has 3 N–H and O–H groups in total. The normalized spacial score (nSPS) is 17.6. The fourth-order valence-electron chi connectivity index (χ4n) is 2.43. The molecule has 1 atom stereocenters. The van der Waals surface area contributed by atoms with Gasteiger partial charge in [-0.3, -0.25) is 4.90 Å². The number of piperazine rings is 1. The first-order valence-corrected chi connectivity index (χ1v) is 6.19. The summed E-state index contributed by atoms with van der Waals surface area (Å²) in [6.07, 6.45) is 0. The molecule has 0 bridgehead atoms. The Hall–Kier alpha value is -1.01. The van der Waals surface area contributed by atoms with E-state index in [9.17, 15) is 10.2 Å². The van der Waals surface area contributed by atoms with Crippen LogP contribution in [0.2, 0.25) is 0 Å². The lowest BCUT2D eigenvalue weighted by atomic mass is 10.0. The lowest BCUT2D eigenvalue weighted by molar-refractivity contribution is 0.107. The number of aliphatic hydroxyl groups excluding tert-OH is 1. The molecule has 0 unspecified atom stereocenters. The van der Waals surface area contributed by atoms with Crippen molar-refractivity contribution in [2.45, 2.75) is 6.04 Å². The van der Waals surface area contributed by atoms with Crippen LogP contribution in [-0.2, 0) is 0 Å². The molecule has 0 saturated carbocycles. The standard InChI is InChI=1S/C13H20N2O3.ClH/c1-18-12-4-2-3-11(17)13(12)10(9-16)15-7-5-14-6-8-15;/h2-4,10,14,16-17H,5-9H2,1H3;1H/t10-;/m1./s1. The number of phenols is 1. The van der Waals surface area contributed by atoms with Crippen LogP contribution in [0.1, 0.15) is 11.6 Å². The average Bonchev–Trinajstić information content (AvgIpc) is 2.42. The van der Waals surface area contributed by atoms with E-state index in [4.69, 9.17) is 4.74 Å².